The lowest BCUT2D eigenvalue weighted by Crippen LogP contribution is -2.05. The molecule has 2 N–H and O–H groups in total. The first-order valence-electron chi connectivity index (χ1n) is 8.10. The van der Waals surface area contributed by atoms with Gasteiger partial charge >= 0.3 is 0 Å². The molecule has 0 aromatic carbocycles. The highest BCUT2D eigenvalue weighted by Gasteiger charge is 2.02. The van der Waals surface area contributed by atoms with Crippen LogP contribution in [-0.2, 0) is 0 Å². The van der Waals surface area contributed by atoms with Gasteiger partial charge < -0.3 is 10.2 Å². The summed E-state index contributed by atoms with van der Waals surface area (Å²) in [5.41, 5.74) is 0. The van der Waals surface area contributed by atoms with Crippen molar-refractivity contribution in [1.29, 1.82) is 0 Å². The summed E-state index contributed by atoms with van der Waals surface area (Å²) in [7, 11) is 0. The van der Waals surface area contributed by atoms with Crippen LogP contribution in [0.1, 0.15) is 90.4 Å². The van der Waals surface area contributed by atoms with Gasteiger partial charge in [-0.15, -0.1) is 0 Å². The molecule has 0 aliphatic heterocycles. The van der Waals surface area contributed by atoms with E-state index in [2.05, 4.69) is 6.92 Å². The fourth-order valence-corrected chi connectivity index (χ4v) is 2.31. The van der Waals surface area contributed by atoms with E-state index in [1.807, 2.05) is 0 Å². The van der Waals surface area contributed by atoms with Crippen molar-refractivity contribution in [2.75, 3.05) is 6.61 Å². The maximum atomic E-state index is 9.68. The predicted octanol–water partition coefficient (Wildman–Crippen LogP) is 4.43. The van der Waals surface area contributed by atoms with E-state index in [0.717, 1.165) is 25.7 Å². The molecule has 0 bridgehead atoms. The molecular weight excluding hydrogens is 224 g/mol. The highest BCUT2D eigenvalue weighted by molar-refractivity contribution is 4.56. The molecule has 2 heteroatoms. The smallest absolute Gasteiger partial charge is 0.0540 e. The third-order valence-electron chi connectivity index (χ3n) is 3.59. The number of unbranched alkanes of at least 4 members (excludes halogenated alkanes) is 9. The average molecular weight is 258 g/mol. The van der Waals surface area contributed by atoms with E-state index >= 15 is 0 Å². The second kappa shape index (κ2) is 15.0. The van der Waals surface area contributed by atoms with Crippen molar-refractivity contribution in [3.8, 4) is 0 Å². The quantitative estimate of drug-likeness (QED) is 0.452. The molecule has 18 heavy (non-hydrogen) atoms. The lowest BCUT2D eigenvalue weighted by Gasteiger charge is -2.09. The predicted molar refractivity (Wildman–Crippen MR) is 78.8 cm³/mol. The lowest BCUT2D eigenvalue weighted by atomic mass is 10.0. The van der Waals surface area contributed by atoms with Crippen molar-refractivity contribution in [2.45, 2.75) is 96.5 Å². The van der Waals surface area contributed by atoms with E-state index in [1.54, 1.807) is 0 Å². The zero-order valence-electron chi connectivity index (χ0n) is 12.4. The maximum absolute atomic E-state index is 9.68. The third kappa shape index (κ3) is 14.0. The summed E-state index contributed by atoms with van der Waals surface area (Å²) in [4.78, 5) is 0. The second-order valence-electron chi connectivity index (χ2n) is 5.49. The lowest BCUT2D eigenvalue weighted by molar-refractivity contribution is 0.148. The molecule has 0 aliphatic carbocycles. The van der Waals surface area contributed by atoms with Crippen molar-refractivity contribution >= 4 is 0 Å². The zero-order valence-corrected chi connectivity index (χ0v) is 12.4. The van der Waals surface area contributed by atoms with Crippen molar-refractivity contribution in [3.05, 3.63) is 0 Å². The van der Waals surface area contributed by atoms with Crippen LogP contribution >= 0.6 is 0 Å². The minimum atomic E-state index is -0.0524. The number of hydrogen-bond acceptors (Lipinski definition) is 2. The van der Waals surface area contributed by atoms with Gasteiger partial charge in [0.1, 0.15) is 0 Å². The van der Waals surface area contributed by atoms with Crippen LogP contribution in [0.15, 0.2) is 0 Å². The standard InChI is InChI=1S/C16H34O2/c1-2-3-13-16(18)14-11-9-7-5-4-6-8-10-12-15-17/h16-18H,2-15H2,1H3/t16-/m1/s1. The molecule has 0 unspecified atom stereocenters. The SMILES string of the molecule is CCCC[C@@H](O)CCCCCCCCCCCO. The van der Waals surface area contributed by atoms with Crippen LogP contribution in [0.25, 0.3) is 0 Å². The van der Waals surface area contributed by atoms with E-state index in [0.29, 0.717) is 6.61 Å². The Morgan fingerprint density at radius 2 is 1.11 bits per heavy atom. The van der Waals surface area contributed by atoms with Crippen LogP contribution in [0.2, 0.25) is 0 Å². The van der Waals surface area contributed by atoms with E-state index in [4.69, 9.17) is 5.11 Å². The molecule has 110 valence electrons. The largest absolute Gasteiger partial charge is 0.396 e. The zero-order chi connectivity index (χ0) is 13.5. The summed E-state index contributed by atoms with van der Waals surface area (Å²) < 4.78 is 0. The number of hydrogen-bond donors (Lipinski definition) is 2. The first-order chi connectivity index (χ1) is 8.81. The Morgan fingerprint density at radius 1 is 0.667 bits per heavy atom. The Morgan fingerprint density at radius 3 is 1.61 bits per heavy atom. The molecule has 0 aromatic heterocycles. The van der Waals surface area contributed by atoms with Crippen LogP contribution in [0.3, 0.4) is 0 Å². The van der Waals surface area contributed by atoms with Crippen molar-refractivity contribution in [2.24, 2.45) is 0 Å². The topological polar surface area (TPSA) is 40.5 Å². The molecule has 0 saturated heterocycles. The van der Waals surface area contributed by atoms with Gasteiger partial charge in [0.2, 0.25) is 0 Å². The Labute approximate surface area is 114 Å². The van der Waals surface area contributed by atoms with E-state index in [-0.39, 0.29) is 6.10 Å². The fourth-order valence-electron chi connectivity index (χ4n) is 2.31. The van der Waals surface area contributed by atoms with Gasteiger partial charge in [-0.1, -0.05) is 71.1 Å². The van der Waals surface area contributed by atoms with Crippen LogP contribution < -0.4 is 0 Å². The minimum absolute atomic E-state index is 0.0524. The normalized spacial score (nSPS) is 12.8. The van der Waals surface area contributed by atoms with Gasteiger partial charge in [0.05, 0.1) is 6.10 Å². The third-order valence-corrected chi connectivity index (χ3v) is 3.59. The molecule has 0 aliphatic rings. The average Bonchev–Trinajstić information content (AvgIpc) is 2.38. The molecular formula is C16H34O2. The first-order valence-corrected chi connectivity index (χ1v) is 8.10. The fraction of sp³-hybridized carbons (Fsp3) is 1.00. The van der Waals surface area contributed by atoms with E-state index < -0.39 is 0 Å². The van der Waals surface area contributed by atoms with E-state index in [9.17, 15) is 5.11 Å². The molecule has 0 radical (unpaired) electrons. The molecule has 0 heterocycles. The summed E-state index contributed by atoms with van der Waals surface area (Å²) in [6, 6.07) is 0. The molecule has 0 spiro atoms. The Balaban J connectivity index is 3.02. The Kier molecular flexibility index (Phi) is 14.9. The van der Waals surface area contributed by atoms with Crippen LogP contribution in [-0.4, -0.2) is 22.9 Å². The Bertz CT molecular complexity index is 148. The molecule has 1 atom stereocenters. The molecule has 0 amide bonds. The van der Waals surface area contributed by atoms with Gasteiger partial charge in [-0.3, -0.25) is 0 Å². The number of aliphatic hydroxyl groups is 2. The van der Waals surface area contributed by atoms with Crippen LogP contribution in [0.5, 0.6) is 0 Å². The second-order valence-corrected chi connectivity index (χ2v) is 5.49. The van der Waals surface area contributed by atoms with Gasteiger partial charge in [-0.25, -0.2) is 0 Å². The van der Waals surface area contributed by atoms with Crippen molar-refractivity contribution < 1.29 is 10.2 Å². The first kappa shape index (κ1) is 17.9. The minimum Gasteiger partial charge on any atom is -0.396 e. The Hall–Kier alpha value is -0.0800. The van der Waals surface area contributed by atoms with Gasteiger partial charge in [0.15, 0.2) is 0 Å². The number of aliphatic hydroxyl groups excluding tert-OH is 2. The summed E-state index contributed by atoms with van der Waals surface area (Å²) in [6.07, 6.45) is 15.5. The molecule has 2 nitrogen and oxygen atoms in total. The molecule has 0 saturated carbocycles. The summed E-state index contributed by atoms with van der Waals surface area (Å²) in [5.74, 6) is 0. The number of rotatable bonds is 14. The summed E-state index contributed by atoms with van der Waals surface area (Å²) in [5, 5.41) is 18.3. The van der Waals surface area contributed by atoms with Gasteiger partial charge in [0.25, 0.3) is 0 Å². The van der Waals surface area contributed by atoms with Crippen LogP contribution in [0.4, 0.5) is 0 Å². The van der Waals surface area contributed by atoms with E-state index in [1.165, 1.54) is 57.8 Å². The van der Waals surface area contributed by atoms with Gasteiger partial charge in [0, 0.05) is 6.61 Å². The molecule has 0 aromatic rings. The van der Waals surface area contributed by atoms with Gasteiger partial charge in [-0.05, 0) is 19.3 Å². The van der Waals surface area contributed by atoms with Crippen LogP contribution in [0, 0.1) is 0 Å². The monoisotopic (exact) mass is 258 g/mol. The maximum Gasteiger partial charge on any atom is 0.0540 e. The van der Waals surface area contributed by atoms with Crippen molar-refractivity contribution in [1.82, 2.24) is 0 Å². The highest BCUT2D eigenvalue weighted by Crippen LogP contribution is 2.13. The van der Waals surface area contributed by atoms with Crippen molar-refractivity contribution in [3.63, 3.8) is 0 Å². The summed E-state index contributed by atoms with van der Waals surface area (Å²) in [6.45, 7) is 2.52. The van der Waals surface area contributed by atoms with Gasteiger partial charge in [-0.2, -0.15) is 0 Å². The highest BCUT2D eigenvalue weighted by atomic mass is 16.3. The molecule has 0 rings (SSSR count). The summed E-state index contributed by atoms with van der Waals surface area (Å²) >= 11 is 0. The molecule has 0 fully saturated rings.